The minimum Gasteiger partial charge on any atom is -0.497 e. The molecule has 9 heteroatoms. The summed E-state index contributed by atoms with van der Waals surface area (Å²) in [5.74, 6) is 1.78. The molecule has 2 aromatic rings. The summed E-state index contributed by atoms with van der Waals surface area (Å²) in [7, 11) is 1.64. The average molecular weight is 690 g/mol. The Labute approximate surface area is 262 Å². The highest BCUT2D eigenvalue weighted by Crippen LogP contribution is 2.45. The molecule has 1 aromatic carbocycles. The van der Waals surface area contributed by atoms with Gasteiger partial charge in [0.15, 0.2) is 0 Å². The lowest BCUT2D eigenvalue weighted by atomic mass is 9.85. The van der Waals surface area contributed by atoms with Crippen molar-refractivity contribution in [2.45, 2.75) is 97.2 Å². The maximum Gasteiger partial charge on any atom is 0.246 e. The Kier molecular flexibility index (Phi) is 9.35. The van der Waals surface area contributed by atoms with E-state index in [-0.39, 0.29) is 28.1 Å². The van der Waals surface area contributed by atoms with Gasteiger partial charge in [0, 0.05) is 51.9 Å². The van der Waals surface area contributed by atoms with E-state index < -0.39 is 23.6 Å². The van der Waals surface area contributed by atoms with Gasteiger partial charge in [0.2, 0.25) is 21.5 Å². The molecule has 2 aliphatic heterocycles. The van der Waals surface area contributed by atoms with Crippen LogP contribution in [0.3, 0.4) is 0 Å². The zero-order valence-corrected chi connectivity index (χ0v) is 27.6. The molecule has 1 aliphatic carbocycles. The van der Waals surface area contributed by atoms with Crippen molar-refractivity contribution in [1.82, 2.24) is 15.2 Å². The number of ether oxygens (including phenoxy) is 2. The number of aryl methyl sites for hydroxylation is 1. The van der Waals surface area contributed by atoms with E-state index in [1.807, 2.05) is 68.5 Å². The minimum atomic E-state index is -0.739. The highest BCUT2D eigenvalue weighted by atomic mass is 127. The van der Waals surface area contributed by atoms with Gasteiger partial charge in [-0.3, -0.25) is 14.4 Å². The van der Waals surface area contributed by atoms with Crippen molar-refractivity contribution >= 4 is 49.1 Å². The largest absolute Gasteiger partial charge is 0.497 e. The third kappa shape index (κ3) is 6.70. The summed E-state index contributed by atoms with van der Waals surface area (Å²) in [6, 6.07) is 6.67. The molecular formula is C33H44IN3O5. The molecule has 1 aromatic heterocycles. The Morgan fingerprint density at radius 3 is 2.64 bits per heavy atom. The predicted molar refractivity (Wildman–Crippen MR) is 171 cm³/mol. The van der Waals surface area contributed by atoms with E-state index in [0.717, 1.165) is 60.7 Å². The van der Waals surface area contributed by atoms with Crippen LogP contribution in [-0.2, 0) is 20.8 Å². The number of carbonyl (C=O) groups is 3. The number of nitrogens with zero attached hydrogens (tertiary/aromatic N) is 2. The fraction of sp³-hybridized carbons (Fsp3) is 0.636. The standard InChI is InChI=1S/C33H44IN3O5/c1-6-24-26-18-37(28(24)30(34)39)32(40)29(33(2,3)4)36-27(38)16-22-14-19(22)10-8-7-9-11-21-15-20-12-13-23(41-5)17-25(20)35-31(21)42-26/h12-13,15,17,19,22,24,26,28-29H,6-11,14,16,18H2,1-5H3,(H,36,38)/t19-,22+,24-,26+,28+,29-/m1/s1. The highest BCUT2D eigenvalue weighted by molar-refractivity contribution is 14.1. The molecule has 228 valence electrons. The molecule has 0 radical (unpaired) electrons. The van der Waals surface area contributed by atoms with Crippen LogP contribution in [0.15, 0.2) is 24.3 Å². The Bertz CT molecular complexity index is 1340. The van der Waals surface area contributed by atoms with Crippen LogP contribution in [0.5, 0.6) is 11.6 Å². The predicted octanol–water partition coefficient (Wildman–Crippen LogP) is 5.86. The first-order valence-electron chi connectivity index (χ1n) is 15.4. The molecule has 2 fully saturated rings. The lowest BCUT2D eigenvalue weighted by Crippen LogP contribution is -2.57. The third-order valence-electron chi connectivity index (χ3n) is 9.37. The molecular weight excluding hydrogens is 645 g/mol. The molecule has 2 bridgehead atoms. The fourth-order valence-electron chi connectivity index (χ4n) is 6.82. The number of amides is 2. The SMILES string of the molecule is CC[C@@H]1[C@@H]2CN(C(=O)[C@H](C(C)(C)C)NC(=O)C[C@@H]3C[C@H]3CCCCCc3cc4ccc(OC)cc4nc3O2)[C@@H]1C(=O)I. The second-order valence-corrected chi connectivity index (χ2v) is 14.5. The quantitative estimate of drug-likeness (QED) is 0.321. The van der Waals surface area contributed by atoms with E-state index in [2.05, 4.69) is 11.4 Å². The molecule has 42 heavy (non-hydrogen) atoms. The van der Waals surface area contributed by atoms with Crippen molar-refractivity contribution < 1.29 is 23.9 Å². The maximum atomic E-state index is 14.2. The summed E-state index contributed by atoms with van der Waals surface area (Å²) in [6.45, 7) is 8.18. The lowest BCUT2D eigenvalue weighted by molar-refractivity contribution is -0.142. The van der Waals surface area contributed by atoms with Crippen LogP contribution in [0.2, 0.25) is 0 Å². The first kappa shape index (κ1) is 31.0. The number of halogens is 1. The lowest BCUT2D eigenvalue weighted by Gasteiger charge is -2.35. The molecule has 1 saturated carbocycles. The van der Waals surface area contributed by atoms with E-state index in [9.17, 15) is 14.4 Å². The van der Waals surface area contributed by atoms with Gasteiger partial charge in [0.05, 0.1) is 19.2 Å². The number of fused-ring (bicyclic) bond motifs is 5. The average Bonchev–Trinajstić information content (AvgIpc) is 3.56. The van der Waals surface area contributed by atoms with E-state index in [1.54, 1.807) is 12.0 Å². The summed E-state index contributed by atoms with van der Waals surface area (Å²) in [5, 5.41) is 4.11. The number of benzene rings is 1. The van der Waals surface area contributed by atoms with Crippen LogP contribution in [0, 0.1) is 23.2 Å². The van der Waals surface area contributed by atoms with Crippen molar-refractivity contribution in [3.63, 3.8) is 0 Å². The molecule has 6 atom stereocenters. The van der Waals surface area contributed by atoms with Crippen molar-refractivity contribution in [1.29, 1.82) is 0 Å². The number of hydrogen-bond acceptors (Lipinski definition) is 6. The van der Waals surface area contributed by atoms with E-state index in [1.165, 1.54) is 0 Å². The van der Waals surface area contributed by atoms with Gasteiger partial charge in [-0.15, -0.1) is 0 Å². The van der Waals surface area contributed by atoms with Gasteiger partial charge in [0.25, 0.3) is 0 Å². The summed E-state index contributed by atoms with van der Waals surface area (Å²) >= 11 is 1.81. The molecule has 2 amide bonds. The zero-order chi connectivity index (χ0) is 30.2. The molecule has 3 aliphatic rings. The summed E-state index contributed by atoms with van der Waals surface area (Å²) < 4.78 is 12.1. The van der Waals surface area contributed by atoms with Gasteiger partial charge in [-0.2, -0.15) is 0 Å². The Morgan fingerprint density at radius 2 is 1.95 bits per heavy atom. The molecule has 0 unspecified atom stereocenters. The van der Waals surface area contributed by atoms with Gasteiger partial charge >= 0.3 is 0 Å². The van der Waals surface area contributed by atoms with E-state index in [0.29, 0.717) is 30.6 Å². The molecule has 0 spiro atoms. The number of rotatable bonds is 3. The van der Waals surface area contributed by atoms with Crippen LogP contribution in [-0.4, -0.2) is 57.3 Å². The van der Waals surface area contributed by atoms with Crippen molar-refractivity contribution in [2.24, 2.45) is 23.2 Å². The van der Waals surface area contributed by atoms with Gasteiger partial charge in [-0.1, -0.05) is 47.0 Å². The number of methoxy groups -OCH3 is 1. The van der Waals surface area contributed by atoms with Crippen LogP contribution in [0.25, 0.3) is 10.9 Å². The number of hydrogen-bond donors (Lipinski definition) is 1. The topological polar surface area (TPSA) is 97.8 Å². The maximum absolute atomic E-state index is 14.2. The third-order valence-corrected chi connectivity index (χ3v) is 10.0. The summed E-state index contributed by atoms with van der Waals surface area (Å²) in [5.41, 5.74) is 1.31. The second-order valence-electron chi connectivity index (χ2n) is 13.4. The first-order valence-corrected chi connectivity index (χ1v) is 16.5. The van der Waals surface area contributed by atoms with Crippen molar-refractivity contribution in [2.75, 3.05) is 13.7 Å². The number of carbonyl (C=O) groups excluding carboxylic acids is 3. The van der Waals surface area contributed by atoms with E-state index >= 15 is 0 Å². The van der Waals surface area contributed by atoms with Gasteiger partial charge in [-0.05, 0) is 61.1 Å². The molecule has 3 heterocycles. The van der Waals surface area contributed by atoms with Crippen molar-refractivity contribution in [3.8, 4) is 11.6 Å². The first-order chi connectivity index (χ1) is 20.0. The van der Waals surface area contributed by atoms with Crippen LogP contribution < -0.4 is 14.8 Å². The summed E-state index contributed by atoms with van der Waals surface area (Å²) in [6.07, 6.45) is 7.03. The molecule has 1 saturated heterocycles. The number of aromatic nitrogens is 1. The minimum absolute atomic E-state index is 0.0753. The van der Waals surface area contributed by atoms with Crippen LogP contribution in [0.4, 0.5) is 0 Å². The van der Waals surface area contributed by atoms with Gasteiger partial charge in [0.1, 0.15) is 23.9 Å². The highest BCUT2D eigenvalue weighted by Gasteiger charge is 2.50. The Balaban J connectivity index is 1.53. The van der Waals surface area contributed by atoms with E-state index in [4.69, 9.17) is 14.5 Å². The second kappa shape index (κ2) is 12.7. The van der Waals surface area contributed by atoms with Crippen LogP contribution in [0.1, 0.15) is 78.2 Å². The van der Waals surface area contributed by atoms with Crippen LogP contribution >= 0.6 is 22.6 Å². The van der Waals surface area contributed by atoms with Gasteiger partial charge in [-0.25, -0.2) is 4.98 Å². The molecule has 8 nitrogen and oxygen atoms in total. The molecule has 5 rings (SSSR count). The Hall–Kier alpha value is -2.43. The number of nitrogens with one attached hydrogen (secondary N) is 1. The summed E-state index contributed by atoms with van der Waals surface area (Å²) in [4.78, 5) is 47.1. The fourth-order valence-corrected chi connectivity index (χ4v) is 7.61. The Morgan fingerprint density at radius 1 is 1.17 bits per heavy atom. The van der Waals surface area contributed by atoms with Gasteiger partial charge < -0.3 is 19.7 Å². The smallest absolute Gasteiger partial charge is 0.246 e. The zero-order valence-electron chi connectivity index (χ0n) is 25.5. The molecule has 1 N–H and O–H groups in total. The monoisotopic (exact) mass is 689 g/mol. The van der Waals surface area contributed by atoms with Crippen molar-refractivity contribution in [3.05, 3.63) is 29.8 Å². The number of pyridine rings is 1. The normalized spacial score (nSPS) is 29.0.